The molecule has 1 aliphatic rings. The molecule has 1 saturated heterocycles. The summed E-state index contributed by atoms with van der Waals surface area (Å²) in [7, 11) is 0. The van der Waals surface area contributed by atoms with Crippen molar-refractivity contribution in [3.05, 3.63) is 42.1 Å². The topological polar surface area (TPSA) is 24.9 Å². The van der Waals surface area contributed by atoms with Crippen molar-refractivity contribution in [2.75, 3.05) is 6.54 Å². The minimum atomic E-state index is 0.457. The molecule has 2 aromatic rings. The summed E-state index contributed by atoms with van der Waals surface area (Å²) in [6.07, 6.45) is 3.82. The minimum Gasteiger partial charge on any atom is -0.309 e. The minimum absolute atomic E-state index is 0.457. The van der Waals surface area contributed by atoms with Crippen LogP contribution in [0.2, 0.25) is 0 Å². The Kier molecular flexibility index (Phi) is 2.58. The lowest BCUT2D eigenvalue weighted by Gasteiger charge is -2.23. The molecular weight excluding hydrogens is 196 g/mol. The van der Waals surface area contributed by atoms with E-state index < -0.39 is 0 Å². The van der Waals surface area contributed by atoms with E-state index in [9.17, 15) is 0 Å². The summed E-state index contributed by atoms with van der Waals surface area (Å²) in [5, 5.41) is 4.76. The Bertz CT molecular complexity index is 487. The smallest absolute Gasteiger partial charge is 0.0706 e. The van der Waals surface area contributed by atoms with Gasteiger partial charge in [0.05, 0.1) is 11.2 Å². The van der Waals surface area contributed by atoms with Gasteiger partial charge in [-0.3, -0.25) is 4.98 Å². The second-order valence-electron chi connectivity index (χ2n) is 4.43. The highest BCUT2D eigenvalue weighted by atomic mass is 14.9. The third-order valence-electron chi connectivity index (χ3n) is 3.29. The number of fused-ring (bicyclic) bond motifs is 1. The number of aromatic nitrogens is 1. The van der Waals surface area contributed by atoms with Gasteiger partial charge in [-0.15, -0.1) is 0 Å². The summed E-state index contributed by atoms with van der Waals surface area (Å²) in [5.74, 6) is 0. The molecule has 0 unspecified atom stereocenters. The molecule has 2 heteroatoms. The molecule has 1 N–H and O–H groups in total. The highest BCUT2D eigenvalue weighted by Gasteiger charge is 2.15. The largest absolute Gasteiger partial charge is 0.309 e. The van der Waals surface area contributed by atoms with Gasteiger partial charge in [-0.2, -0.15) is 0 Å². The zero-order valence-corrected chi connectivity index (χ0v) is 9.32. The number of para-hydroxylation sites is 1. The molecule has 1 fully saturated rings. The number of hydrogen-bond donors (Lipinski definition) is 1. The summed E-state index contributed by atoms with van der Waals surface area (Å²) < 4.78 is 0. The van der Waals surface area contributed by atoms with Gasteiger partial charge in [-0.1, -0.05) is 30.7 Å². The van der Waals surface area contributed by atoms with Crippen LogP contribution in [0.3, 0.4) is 0 Å². The van der Waals surface area contributed by atoms with Crippen LogP contribution >= 0.6 is 0 Å². The van der Waals surface area contributed by atoms with E-state index in [0.717, 1.165) is 12.1 Å². The van der Waals surface area contributed by atoms with Crippen molar-refractivity contribution >= 4 is 10.9 Å². The van der Waals surface area contributed by atoms with Crippen LogP contribution in [-0.2, 0) is 0 Å². The van der Waals surface area contributed by atoms with Gasteiger partial charge in [0.15, 0.2) is 0 Å². The molecule has 2 nitrogen and oxygen atoms in total. The maximum atomic E-state index is 4.74. The number of pyridine rings is 1. The number of hydrogen-bond acceptors (Lipinski definition) is 2. The van der Waals surface area contributed by atoms with Gasteiger partial charge in [0.1, 0.15) is 0 Å². The average molecular weight is 212 g/mol. The molecule has 3 rings (SSSR count). The standard InChI is InChI=1S/C14H16N2/c1-2-6-12-11(5-1)8-9-14(16-12)13-7-3-4-10-15-13/h1-2,5-6,8-9,13,15H,3-4,7,10H2/t13-/m1/s1. The number of nitrogens with one attached hydrogen (secondary N) is 1. The van der Waals surface area contributed by atoms with Gasteiger partial charge in [-0.25, -0.2) is 0 Å². The number of benzene rings is 1. The molecule has 0 radical (unpaired) electrons. The summed E-state index contributed by atoms with van der Waals surface area (Å²) in [5.41, 5.74) is 2.30. The predicted molar refractivity (Wildman–Crippen MR) is 66.3 cm³/mol. The lowest BCUT2D eigenvalue weighted by molar-refractivity contribution is 0.406. The molecule has 1 aromatic carbocycles. The summed E-state index contributed by atoms with van der Waals surface area (Å²) in [6, 6.07) is 13.1. The van der Waals surface area contributed by atoms with Crippen LogP contribution in [-0.4, -0.2) is 11.5 Å². The monoisotopic (exact) mass is 212 g/mol. The summed E-state index contributed by atoms with van der Waals surface area (Å²) >= 11 is 0. The molecule has 0 aliphatic carbocycles. The Morgan fingerprint density at radius 3 is 2.88 bits per heavy atom. The highest BCUT2D eigenvalue weighted by Crippen LogP contribution is 2.23. The third kappa shape index (κ3) is 1.81. The van der Waals surface area contributed by atoms with Gasteiger partial charge in [0.25, 0.3) is 0 Å². The lowest BCUT2D eigenvalue weighted by Crippen LogP contribution is -2.27. The zero-order chi connectivity index (χ0) is 10.8. The first kappa shape index (κ1) is 9.79. The van der Waals surface area contributed by atoms with Gasteiger partial charge in [-0.05, 0) is 31.5 Å². The maximum absolute atomic E-state index is 4.74. The lowest BCUT2D eigenvalue weighted by atomic mass is 10.0. The highest BCUT2D eigenvalue weighted by molar-refractivity contribution is 5.78. The van der Waals surface area contributed by atoms with Gasteiger partial charge >= 0.3 is 0 Å². The first-order valence-electron chi connectivity index (χ1n) is 6.02. The second kappa shape index (κ2) is 4.22. The fourth-order valence-electron chi connectivity index (χ4n) is 2.38. The molecular formula is C14H16N2. The first-order chi connectivity index (χ1) is 7.93. The maximum Gasteiger partial charge on any atom is 0.0706 e. The number of nitrogens with zero attached hydrogens (tertiary/aromatic N) is 1. The number of rotatable bonds is 1. The van der Waals surface area contributed by atoms with Crippen LogP contribution in [0.4, 0.5) is 0 Å². The van der Waals surface area contributed by atoms with E-state index >= 15 is 0 Å². The van der Waals surface area contributed by atoms with Crippen molar-refractivity contribution in [3.8, 4) is 0 Å². The Labute approximate surface area is 95.7 Å². The van der Waals surface area contributed by atoms with E-state index in [1.165, 1.54) is 30.3 Å². The Balaban J connectivity index is 1.97. The van der Waals surface area contributed by atoms with Crippen molar-refractivity contribution in [1.29, 1.82) is 0 Å². The van der Waals surface area contributed by atoms with Crippen LogP contribution in [0.1, 0.15) is 31.0 Å². The molecule has 0 bridgehead atoms. The van der Waals surface area contributed by atoms with E-state index in [-0.39, 0.29) is 0 Å². The molecule has 1 aliphatic heterocycles. The first-order valence-corrected chi connectivity index (χ1v) is 6.02. The van der Waals surface area contributed by atoms with Crippen molar-refractivity contribution in [2.45, 2.75) is 25.3 Å². The zero-order valence-electron chi connectivity index (χ0n) is 9.32. The van der Waals surface area contributed by atoms with E-state index in [4.69, 9.17) is 4.98 Å². The third-order valence-corrected chi connectivity index (χ3v) is 3.29. The Morgan fingerprint density at radius 2 is 2.00 bits per heavy atom. The van der Waals surface area contributed by atoms with Gasteiger partial charge in [0, 0.05) is 11.4 Å². The van der Waals surface area contributed by atoms with Crippen molar-refractivity contribution < 1.29 is 0 Å². The van der Waals surface area contributed by atoms with Crippen LogP contribution in [0.25, 0.3) is 10.9 Å². The SMILES string of the molecule is c1ccc2nc([C@H]3CCCCN3)ccc2c1. The average Bonchev–Trinajstić information content (AvgIpc) is 2.39. The van der Waals surface area contributed by atoms with E-state index in [1.54, 1.807) is 0 Å². The number of piperidine rings is 1. The van der Waals surface area contributed by atoms with Crippen molar-refractivity contribution in [3.63, 3.8) is 0 Å². The van der Waals surface area contributed by atoms with Crippen molar-refractivity contribution in [1.82, 2.24) is 10.3 Å². The molecule has 82 valence electrons. The predicted octanol–water partition coefficient (Wildman–Crippen LogP) is 3.05. The van der Waals surface area contributed by atoms with Crippen LogP contribution in [0.15, 0.2) is 36.4 Å². The van der Waals surface area contributed by atoms with Gasteiger partial charge < -0.3 is 5.32 Å². The molecule has 0 spiro atoms. The van der Waals surface area contributed by atoms with E-state index in [0.29, 0.717) is 6.04 Å². The fourth-order valence-corrected chi connectivity index (χ4v) is 2.38. The fraction of sp³-hybridized carbons (Fsp3) is 0.357. The molecule has 1 aromatic heterocycles. The summed E-state index contributed by atoms with van der Waals surface area (Å²) in [4.78, 5) is 4.74. The molecule has 2 heterocycles. The molecule has 0 saturated carbocycles. The normalized spacial score (nSPS) is 21.1. The van der Waals surface area contributed by atoms with E-state index in [1.807, 2.05) is 6.07 Å². The molecule has 0 amide bonds. The van der Waals surface area contributed by atoms with Crippen LogP contribution in [0, 0.1) is 0 Å². The van der Waals surface area contributed by atoms with E-state index in [2.05, 4.69) is 35.6 Å². The Hall–Kier alpha value is -1.41. The molecule has 1 atom stereocenters. The van der Waals surface area contributed by atoms with Gasteiger partial charge in [0.2, 0.25) is 0 Å². The van der Waals surface area contributed by atoms with Crippen LogP contribution in [0.5, 0.6) is 0 Å². The van der Waals surface area contributed by atoms with Crippen molar-refractivity contribution in [2.24, 2.45) is 0 Å². The quantitative estimate of drug-likeness (QED) is 0.786. The summed E-state index contributed by atoms with van der Waals surface area (Å²) in [6.45, 7) is 1.12. The second-order valence-corrected chi connectivity index (χ2v) is 4.43. The molecule has 16 heavy (non-hydrogen) atoms. The Morgan fingerprint density at radius 1 is 1.06 bits per heavy atom. The van der Waals surface area contributed by atoms with Crippen LogP contribution < -0.4 is 5.32 Å².